The fourth-order valence-corrected chi connectivity index (χ4v) is 4.18. The Bertz CT molecular complexity index is 1090. The molecule has 6 nitrogen and oxygen atoms in total. The highest BCUT2D eigenvalue weighted by Crippen LogP contribution is 2.41. The number of halogens is 1. The number of hydrogen-bond acceptors (Lipinski definition) is 5. The number of nitrogens with zero attached hydrogens (tertiary/aromatic N) is 1. The van der Waals surface area contributed by atoms with Crippen LogP contribution in [0.25, 0.3) is 6.08 Å². The van der Waals surface area contributed by atoms with E-state index in [2.05, 4.69) is 15.9 Å². The van der Waals surface area contributed by atoms with Crippen molar-refractivity contribution >= 4 is 33.9 Å². The molecule has 0 aromatic heterocycles. The normalized spacial score (nSPS) is 17.7. The predicted molar refractivity (Wildman–Crippen MR) is 115 cm³/mol. The average Bonchev–Trinajstić information content (AvgIpc) is 3.29. The summed E-state index contributed by atoms with van der Waals surface area (Å²) in [6, 6.07) is 13.0. The van der Waals surface area contributed by atoms with Crippen LogP contribution in [0.2, 0.25) is 0 Å². The predicted octanol–water partition coefficient (Wildman–Crippen LogP) is 4.61. The third-order valence-corrected chi connectivity index (χ3v) is 5.98. The molecule has 0 N–H and O–H groups in total. The Labute approximate surface area is 182 Å². The minimum Gasteiger partial charge on any atom is -0.465 e. The van der Waals surface area contributed by atoms with Gasteiger partial charge >= 0.3 is 5.97 Å². The zero-order valence-electron chi connectivity index (χ0n) is 16.8. The second-order valence-corrected chi connectivity index (χ2v) is 7.85. The molecule has 30 heavy (non-hydrogen) atoms. The summed E-state index contributed by atoms with van der Waals surface area (Å²) in [5.41, 5.74) is 2.77. The van der Waals surface area contributed by atoms with Crippen molar-refractivity contribution in [1.29, 1.82) is 0 Å². The summed E-state index contributed by atoms with van der Waals surface area (Å²) in [4.78, 5) is 27.7. The van der Waals surface area contributed by atoms with E-state index in [1.54, 1.807) is 30.0 Å². The summed E-state index contributed by atoms with van der Waals surface area (Å²) < 4.78 is 16.5. The molecule has 7 heteroatoms. The maximum absolute atomic E-state index is 13.4. The van der Waals surface area contributed by atoms with Crippen molar-refractivity contribution in [3.05, 3.63) is 74.9 Å². The minimum absolute atomic E-state index is 0.148. The molecule has 0 radical (unpaired) electrons. The molecule has 2 aromatic rings. The van der Waals surface area contributed by atoms with Gasteiger partial charge in [-0.3, -0.25) is 4.79 Å². The first-order valence-corrected chi connectivity index (χ1v) is 10.2. The molecular weight excluding hydrogens is 450 g/mol. The van der Waals surface area contributed by atoms with Crippen LogP contribution in [0.15, 0.2) is 63.8 Å². The van der Waals surface area contributed by atoms with E-state index in [0.717, 1.165) is 10.0 Å². The summed E-state index contributed by atoms with van der Waals surface area (Å²) >= 11 is 3.51. The van der Waals surface area contributed by atoms with Gasteiger partial charge in [-0.1, -0.05) is 46.3 Å². The number of amides is 1. The van der Waals surface area contributed by atoms with Crippen molar-refractivity contribution in [2.24, 2.45) is 0 Å². The van der Waals surface area contributed by atoms with E-state index in [1.807, 2.05) is 37.3 Å². The van der Waals surface area contributed by atoms with Crippen molar-refractivity contribution in [3.8, 4) is 11.5 Å². The summed E-state index contributed by atoms with van der Waals surface area (Å²) in [5.74, 6) is 0.409. The van der Waals surface area contributed by atoms with Crippen molar-refractivity contribution in [3.63, 3.8) is 0 Å². The van der Waals surface area contributed by atoms with Gasteiger partial charge in [-0.25, -0.2) is 4.79 Å². The van der Waals surface area contributed by atoms with E-state index in [-0.39, 0.29) is 29.9 Å². The van der Waals surface area contributed by atoms with E-state index in [4.69, 9.17) is 14.2 Å². The summed E-state index contributed by atoms with van der Waals surface area (Å²) in [6.45, 7) is 3.85. The molecular formula is C23H20BrNO5. The van der Waals surface area contributed by atoms with Gasteiger partial charge in [-0.15, -0.1) is 0 Å². The van der Waals surface area contributed by atoms with E-state index in [9.17, 15) is 9.59 Å². The molecule has 2 heterocycles. The van der Waals surface area contributed by atoms with E-state index in [1.165, 1.54) is 7.11 Å². The van der Waals surface area contributed by atoms with Gasteiger partial charge in [-0.05, 0) is 43.2 Å². The Morgan fingerprint density at radius 3 is 2.53 bits per heavy atom. The van der Waals surface area contributed by atoms with Crippen LogP contribution in [0.5, 0.6) is 11.5 Å². The summed E-state index contributed by atoms with van der Waals surface area (Å²) in [5, 5.41) is 0. The van der Waals surface area contributed by atoms with Crippen molar-refractivity contribution in [1.82, 2.24) is 4.90 Å². The minimum atomic E-state index is -0.549. The summed E-state index contributed by atoms with van der Waals surface area (Å²) in [7, 11) is 1.31. The highest BCUT2D eigenvalue weighted by atomic mass is 79.9. The maximum atomic E-state index is 13.4. The lowest BCUT2D eigenvalue weighted by atomic mass is 10.0. The van der Waals surface area contributed by atoms with Gasteiger partial charge in [0.25, 0.3) is 5.91 Å². The second-order valence-electron chi connectivity index (χ2n) is 7.00. The zero-order chi connectivity index (χ0) is 21.4. The van der Waals surface area contributed by atoms with Crippen LogP contribution in [-0.2, 0) is 14.3 Å². The molecule has 154 valence electrons. The fraction of sp³-hybridized carbons (Fsp3) is 0.217. The molecule has 2 aliphatic heterocycles. The van der Waals surface area contributed by atoms with Gasteiger partial charge in [0.05, 0.1) is 24.3 Å². The lowest BCUT2D eigenvalue weighted by Gasteiger charge is -2.26. The van der Waals surface area contributed by atoms with Crippen LogP contribution in [0.4, 0.5) is 0 Å². The molecule has 0 fully saturated rings. The van der Waals surface area contributed by atoms with Crippen molar-refractivity contribution in [2.75, 3.05) is 13.9 Å². The Kier molecular flexibility index (Phi) is 5.39. The van der Waals surface area contributed by atoms with Gasteiger partial charge in [0, 0.05) is 10.2 Å². The Morgan fingerprint density at radius 2 is 1.87 bits per heavy atom. The smallest absolute Gasteiger partial charge is 0.340 e. The third kappa shape index (κ3) is 3.39. The number of benzene rings is 2. The highest BCUT2D eigenvalue weighted by molar-refractivity contribution is 9.10. The molecule has 2 aromatic carbocycles. The molecule has 0 spiro atoms. The standard InChI is InChI=1S/C23H20BrNO5/c1-13(15-7-5-4-6-8-15)25-14(2)21(23(27)28-3)17(22(25)26)9-16-10-19-20(11-18(16)24)30-12-29-19/h4-11,13H,12H2,1-3H3/b17-9-/t13-/m0/s1. The lowest BCUT2D eigenvalue weighted by molar-refractivity contribution is -0.136. The SMILES string of the molecule is COC(=O)C1=C(C)N([C@@H](C)c2ccccc2)C(=O)/C1=C\c1cc2c(cc1Br)OCO2. The Morgan fingerprint density at radius 1 is 1.20 bits per heavy atom. The first-order valence-electron chi connectivity index (χ1n) is 9.41. The number of rotatable bonds is 4. The van der Waals surface area contributed by atoms with Crippen molar-refractivity contribution in [2.45, 2.75) is 19.9 Å². The van der Waals surface area contributed by atoms with Crippen LogP contribution in [0.3, 0.4) is 0 Å². The first-order chi connectivity index (χ1) is 14.4. The lowest BCUT2D eigenvalue weighted by Crippen LogP contribution is -2.28. The van der Waals surface area contributed by atoms with Crippen LogP contribution < -0.4 is 9.47 Å². The number of esters is 1. The quantitative estimate of drug-likeness (QED) is 0.483. The number of hydrogen-bond donors (Lipinski definition) is 0. The second kappa shape index (κ2) is 7.99. The van der Waals surface area contributed by atoms with Gasteiger partial charge in [0.2, 0.25) is 6.79 Å². The highest BCUT2D eigenvalue weighted by Gasteiger charge is 2.39. The van der Waals surface area contributed by atoms with E-state index in [0.29, 0.717) is 22.8 Å². The monoisotopic (exact) mass is 469 g/mol. The topological polar surface area (TPSA) is 65.1 Å². The van der Waals surface area contributed by atoms with Gasteiger partial charge in [0.15, 0.2) is 11.5 Å². The number of carbonyl (C=O) groups is 2. The zero-order valence-corrected chi connectivity index (χ0v) is 18.4. The Hall–Kier alpha value is -3.06. The third-order valence-electron chi connectivity index (χ3n) is 5.29. The maximum Gasteiger partial charge on any atom is 0.340 e. The van der Waals surface area contributed by atoms with Crippen LogP contribution in [-0.4, -0.2) is 30.7 Å². The molecule has 0 saturated carbocycles. The van der Waals surface area contributed by atoms with Crippen LogP contribution in [0.1, 0.15) is 31.0 Å². The molecule has 0 bridgehead atoms. The van der Waals surface area contributed by atoms with Gasteiger partial charge < -0.3 is 19.1 Å². The van der Waals surface area contributed by atoms with Crippen LogP contribution >= 0.6 is 15.9 Å². The molecule has 0 saturated heterocycles. The number of methoxy groups -OCH3 is 1. The largest absolute Gasteiger partial charge is 0.465 e. The van der Waals surface area contributed by atoms with E-state index < -0.39 is 5.97 Å². The first kappa shape index (κ1) is 20.2. The van der Waals surface area contributed by atoms with Gasteiger partial charge in [-0.2, -0.15) is 0 Å². The number of carbonyl (C=O) groups excluding carboxylic acids is 2. The fourth-order valence-electron chi connectivity index (χ4n) is 3.74. The van der Waals surface area contributed by atoms with Crippen LogP contribution in [0, 0.1) is 0 Å². The van der Waals surface area contributed by atoms with Crippen molar-refractivity contribution < 1.29 is 23.8 Å². The van der Waals surface area contributed by atoms with E-state index >= 15 is 0 Å². The number of fused-ring (bicyclic) bond motifs is 1. The summed E-state index contributed by atoms with van der Waals surface area (Å²) in [6.07, 6.45) is 1.68. The molecule has 0 aliphatic carbocycles. The molecule has 2 aliphatic rings. The molecule has 1 atom stereocenters. The average molecular weight is 470 g/mol. The molecule has 4 rings (SSSR count). The van der Waals surface area contributed by atoms with Gasteiger partial charge in [0.1, 0.15) is 0 Å². The number of ether oxygens (including phenoxy) is 3. The molecule has 1 amide bonds. The molecule has 0 unspecified atom stereocenters. The Balaban J connectivity index is 1.81. The number of allylic oxidation sites excluding steroid dienone is 1.